The molecular weight excluding hydrogens is 673 g/mol. The van der Waals surface area contributed by atoms with Crippen molar-refractivity contribution in [1.29, 1.82) is 0 Å². The second-order valence-electron chi connectivity index (χ2n) is 12.1. The van der Waals surface area contributed by atoms with Crippen LogP contribution in [0.3, 0.4) is 0 Å². The maximum absolute atomic E-state index is 12.2. The van der Waals surface area contributed by atoms with Gasteiger partial charge in [0.15, 0.2) is 6.29 Å². The lowest BCUT2D eigenvalue weighted by Gasteiger charge is -2.44. The van der Waals surface area contributed by atoms with Crippen LogP contribution in [-0.4, -0.2) is 68.5 Å². The molecule has 0 bridgehead atoms. The fraction of sp³-hybridized carbons (Fsp3) is 0.361. The summed E-state index contributed by atoms with van der Waals surface area (Å²) in [4.78, 5) is 25.7. The molecule has 1 amide bonds. The minimum absolute atomic E-state index is 0.00945. The first kappa shape index (κ1) is 34.6. The Hall–Kier alpha value is -3.28. The van der Waals surface area contributed by atoms with Gasteiger partial charge in [0.25, 0.3) is 9.70 Å². The van der Waals surface area contributed by atoms with Crippen LogP contribution in [0.1, 0.15) is 41.6 Å². The van der Waals surface area contributed by atoms with Crippen molar-refractivity contribution in [2.75, 3.05) is 37.6 Å². The van der Waals surface area contributed by atoms with Crippen LogP contribution >= 0.6 is 34.8 Å². The molecular formula is C36H38Cl3N5O4. The first-order chi connectivity index (χ1) is 23.2. The molecule has 0 unspecified atom stereocenters. The molecule has 0 radical (unpaired) electrons. The summed E-state index contributed by atoms with van der Waals surface area (Å²) in [6.45, 7) is 6.59. The van der Waals surface area contributed by atoms with Crippen molar-refractivity contribution < 1.29 is 19.4 Å². The van der Waals surface area contributed by atoms with E-state index in [1.807, 2.05) is 78.9 Å². The van der Waals surface area contributed by atoms with E-state index in [2.05, 4.69) is 32.0 Å². The van der Waals surface area contributed by atoms with Crippen LogP contribution in [0.2, 0.25) is 0 Å². The molecule has 2 aliphatic heterocycles. The number of nitrogens with one attached hydrogen (secondary N) is 1. The largest absolute Gasteiger partial charge is 0.392 e. The van der Waals surface area contributed by atoms with E-state index in [-0.39, 0.29) is 31.3 Å². The smallest absolute Gasteiger partial charge is 0.272 e. The minimum atomic E-state index is -2.03. The van der Waals surface area contributed by atoms with Crippen LogP contribution in [0.5, 0.6) is 0 Å². The average molecular weight is 711 g/mol. The number of benzene rings is 3. The zero-order chi connectivity index (χ0) is 33.7. The molecule has 1 aromatic heterocycles. The predicted molar refractivity (Wildman–Crippen MR) is 188 cm³/mol. The summed E-state index contributed by atoms with van der Waals surface area (Å²) < 4.78 is 11.4. The highest BCUT2D eigenvalue weighted by Gasteiger charge is 2.39. The maximum Gasteiger partial charge on any atom is 0.272 e. The van der Waals surface area contributed by atoms with Gasteiger partial charge in [-0.25, -0.2) is 9.97 Å². The highest BCUT2D eigenvalue weighted by Crippen LogP contribution is 2.42. The average Bonchev–Trinajstić information content (AvgIpc) is 3.12. The summed E-state index contributed by atoms with van der Waals surface area (Å²) in [6.07, 6.45) is 2.68. The van der Waals surface area contributed by atoms with Gasteiger partial charge in [0, 0.05) is 63.1 Å². The van der Waals surface area contributed by atoms with Crippen LogP contribution in [-0.2, 0) is 27.4 Å². The Labute approximate surface area is 295 Å². The lowest BCUT2D eigenvalue weighted by molar-refractivity contribution is -0.276. The summed E-state index contributed by atoms with van der Waals surface area (Å²) in [7, 11) is 0. The van der Waals surface area contributed by atoms with Crippen molar-refractivity contribution in [2.45, 2.75) is 42.4 Å². The fourth-order valence-corrected chi connectivity index (χ4v) is 6.42. The number of carbonyl (C=O) groups is 1. The van der Waals surface area contributed by atoms with Crippen LogP contribution in [0.4, 0.5) is 5.95 Å². The summed E-state index contributed by atoms with van der Waals surface area (Å²) in [6, 6.07) is 25.7. The number of carbonyl (C=O) groups excluding carboxylic acids is 1. The van der Waals surface area contributed by atoms with Gasteiger partial charge in [-0.15, -0.1) is 0 Å². The van der Waals surface area contributed by atoms with Gasteiger partial charge in [0.1, 0.15) is 0 Å². The van der Waals surface area contributed by atoms with Gasteiger partial charge in [-0.3, -0.25) is 9.69 Å². The minimum Gasteiger partial charge on any atom is -0.392 e. The Kier molecular flexibility index (Phi) is 11.2. The Bertz CT molecular complexity index is 1650. The van der Waals surface area contributed by atoms with Crippen molar-refractivity contribution >= 4 is 46.7 Å². The molecule has 2 aliphatic rings. The summed E-state index contributed by atoms with van der Waals surface area (Å²) >= 11 is 17.2. The molecule has 3 aromatic carbocycles. The molecule has 2 N–H and O–H groups in total. The van der Waals surface area contributed by atoms with E-state index >= 15 is 0 Å². The zero-order valence-electron chi connectivity index (χ0n) is 26.5. The van der Waals surface area contributed by atoms with E-state index < -0.39 is 16.0 Å². The third-order valence-electron chi connectivity index (χ3n) is 8.98. The van der Waals surface area contributed by atoms with Crippen molar-refractivity contribution in [2.24, 2.45) is 5.92 Å². The fourth-order valence-electron chi connectivity index (χ4n) is 6.22. The molecule has 3 heterocycles. The van der Waals surface area contributed by atoms with Crippen LogP contribution in [0.15, 0.2) is 91.3 Å². The Morgan fingerprint density at radius 1 is 0.896 bits per heavy atom. The molecule has 2 fully saturated rings. The topological polar surface area (TPSA) is 100 Å². The van der Waals surface area contributed by atoms with Crippen molar-refractivity contribution in [3.63, 3.8) is 0 Å². The molecule has 252 valence electrons. The van der Waals surface area contributed by atoms with Crippen LogP contribution < -0.4 is 10.2 Å². The van der Waals surface area contributed by atoms with Gasteiger partial charge >= 0.3 is 0 Å². The van der Waals surface area contributed by atoms with E-state index in [9.17, 15) is 9.90 Å². The molecule has 0 saturated carbocycles. The molecule has 4 atom stereocenters. The molecule has 2 saturated heterocycles. The summed E-state index contributed by atoms with van der Waals surface area (Å²) in [5.74, 6) is 0.157. The Balaban J connectivity index is 1.19. The van der Waals surface area contributed by atoms with E-state index in [1.54, 1.807) is 12.4 Å². The molecule has 6 rings (SSSR count). The van der Waals surface area contributed by atoms with Gasteiger partial charge in [-0.1, -0.05) is 115 Å². The predicted octanol–water partition coefficient (Wildman–Crippen LogP) is 6.24. The third-order valence-corrected chi connectivity index (χ3v) is 9.49. The highest BCUT2D eigenvalue weighted by molar-refractivity contribution is 6.76. The number of aromatic nitrogens is 2. The van der Waals surface area contributed by atoms with E-state index in [0.717, 1.165) is 72.1 Å². The number of aliphatic hydroxyl groups is 1. The maximum atomic E-state index is 12.2. The van der Waals surface area contributed by atoms with E-state index in [4.69, 9.17) is 44.3 Å². The normalized spacial score (nSPS) is 22.0. The zero-order valence-corrected chi connectivity index (χ0v) is 28.8. The number of ether oxygens (including phenoxy) is 2. The monoisotopic (exact) mass is 709 g/mol. The molecule has 12 heteroatoms. The lowest BCUT2D eigenvalue weighted by Crippen LogP contribution is -2.51. The Morgan fingerprint density at radius 2 is 1.56 bits per heavy atom. The standard InChI is InChI=1S/C36H38Cl3N5O4/c1-24-31(22-43-17-19-44(20-18-43)35-40-15-4-16-41-35)47-33(48-32(24)27-9-7-25(23-45)8-10-27)28-13-11-26(12-14-28)30-6-3-2-5-29(30)21-42-34(46)36(37,38)39/h2-16,24,31-33,45H,17-23H2,1H3,(H,42,46)/t24-,31+,32+,33+/m0/s1. The van der Waals surface area contributed by atoms with Crippen molar-refractivity contribution in [1.82, 2.24) is 20.2 Å². The second kappa shape index (κ2) is 15.5. The number of hydrogen-bond acceptors (Lipinski definition) is 8. The molecule has 0 spiro atoms. The van der Waals surface area contributed by atoms with Gasteiger partial charge in [-0.2, -0.15) is 0 Å². The van der Waals surface area contributed by atoms with Gasteiger partial charge in [0.05, 0.1) is 18.8 Å². The Morgan fingerprint density at radius 3 is 2.23 bits per heavy atom. The number of piperazine rings is 1. The number of alkyl halides is 3. The molecule has 4 aromatic rings. The number of hydrogen-bond donors (Lipinski definition) is 2. The number of rotatable bonds is 9. The molecule has 0 aliphatic carbocycles. The van der Waals surface area contributed by atoms with Crippen LogP contribution in [0, 0.1) is 5.92 Å². The quantitative estimate of drug-likeness (QED) is 0.197. The lowest BCUT2D eigenvalue weighted by atomic mass is 9.89. The van der Waals surface area contributed by atoms with Crippen molar-refractivity contribution in [3.05, 3.63) is 114 Å². The van der Waals surface area contributed by atoms with E-state index in [1.165, 1.54) is 0 Å². The number of aliphatic hydroxyl groups excluding tert-OH is 1. The number of nitrogens with zero attached hydrogens (tertiary/aromatic N) is 4. The van der Waals surface area contributed by atoms with Gasteiger partial charge < -0.3 is 24.8 Å². The molecule has 48 heavy (non-hydrogen) atoms. The highest BCUT2D eigenvalue weighted by atomic mass is 35.6. The van der Waals surface area contributed by atoms with Gasteiger partial charge in [0.2, 0.25) is 5.95 Å². The van der Waals surface area contributed by atoms with Crippen LogP contribution in [0.25, 0.3) is 11.1 Å². The number of anilines is 1. The third kappa shape index (κ3) is 8.29. The molecule has 9 nitrogen and oxygen atoms in total. The SMILES string of the molecule is C[C@H]1[C@@H](CN2CCN(c3ncccn3)CC2)O[C@@H](c2ccc(-c3ccccc3CNC(=O)C(Cl)(Cl)Cl)cc2)O[C@H]1c1ccc(CO)cc1. The second-order valence-corrected chi connectivity index (χ2v) is 14.4. The first-order valence-corrected chi connectivity index (χ1v) is 17.1. The number of amides is 1. The summed E-state index contributed by atoms with van der Waals surface area (Å²) in [5.41, 5.74) is 5.61. The van der Waals surface area contributed by atoms with Crippen molar-refractivity contribution in [3.8, 4) is 11.1 Å². The summed E-state index contributed by atoms with van der Waals surface area (Å²) in [5, 5.41) is 12.3. The van der Waals surface area contributed by atoms with Gasteiger partial charge in [-0.05, 0) is 33.9 Å². The number of halogens is 3. The van der Waals surface area contributed by atoms with E-state index in [0.29, 0.717) is 0 Å². The first-order valence-electron chi connectivity index (χ1n) is 16.0.